The minimum Gasteiger partial charge on any atom is -0.472 e. The van der Waals surface area contributed by atoms with Gasteiger partial charge in [0, 0.05) is 43.4 Å². The van der Waals surface area contributed by atoms with Gasteiger partial charge in [-0.25, -0.2) is 0 Å². The molecule has 0 bridgehead atoms. The molecule has 4 rings (SSSR count). The van der Waals surface area contributed by atoms with Gasteiger partial charge in [0.05, 0.1) is 18.2 Å². The van der Waals surface area contributed by atoms with Crippen molar-refractivity contribution in [2.24, 2.45) is 11.3 Å². The maximum absolute atomic E-state index is 10.1. The Kier molecular flexibility index (Phi) is 5.66. The molecule has 0 saturated carbocycles. The molecule has 2 saturated heterocycles. The molecule has 0 amide bonds. The molecule has 2 N–H and O–H groups in total. The van der Waals surface area contributed by atoms with E-state index in [1.165, 1.54) is 30.5 Å². The molecule has 4 heterocycles. The Morgan fingerprint density at radius 1 is 1.22 bits per heavy atom. The van der Waals surface area contributed by atoms with E-state index in [9.17, 15) is 5.11 Å². The summed E-state index contributed by atoms with van der Waals surface area (Å²) in [6, 6.07) is 4.23. The predicted octanol–water partition coefficient (Wildman–Crippen LogP) is 2.66. The Balaban J connectivity index is 1.32. The average Bonchev–Trinajstić information content (AvgIpc) is 3.37. The van der Waals surface area contributed by atoms with Gasteiger partial charge in [0.1, 0.15) is 0 Å². The summed E-state index contributed by atoms with van der Waals surface area (Å²) in [6.07, 6.45) is 8.11. The summed E-state index contributed by atoms with van der Waals surface area (Å²) in [5, 5.41) is 17.6. The molecule has 1 spiro atoms. The molecular weight excluding hydrogens is 340 g/mol. The van der Waals surface area contributed by atoms with E-state index >= 15 is 0 Å². The molecule has 0 unspecified atom stereocenters. The summed E-state index contributed by atoms with van der Waals surface area (Å²) in [5.74, 6) is 0.374. The number of furan rings is 1. The van der Waals surface area contributed by atoms with Crippen molar-refractivity contribution in [3.63, 3.8) is 0 Å². The van der Waals surface area contributed by atoms with Crippen molar-refractivity contribution in [2.75, 3.05) is 32.8 Å². The van der Waals surface area contributed by atoms with Gasteiger partial charge >= 0.3 is 0 Å². The van der Waals surface area contributed by atoms with Crippen molar-refractivity contribution in [3.8, 4) is 0 Å². The molecule has 2 aliphatic rings. The number of piperidine rings is 2. The van der Waals surface area contributed by atoms with E-state index in [2.05, 4.69) is 33.0 Å². The van der Waals surface area contributed by atoms with Crippen LogP contribution in [0.3, 0.4) is 0 Å². The number of aromatic amines is 1. The molecule has 2 aliphatic heterocycles. The molecule has 0 aromatic carbocycles. The maximum atomic E-state index is 10.1. The highest BCUT2D eigenvalue weighted by Gasteiger charge is 2.44. The van der Waals surface area contributed by atoms with E-state index < -0.39 is 0 Å². The Labute approximate surface area is 161 Å². The van der Waals surface area contributed by atoms with Gasteiger partial charge in [0.25, 0.3) is 0 Å². The van der Waals surface area contributed by atoms with E-state index in [0.29, 0.717) is 17.9 Å². The highest BCUT2D eigenvalue weighted by Crippen LogP contribution is 2.45. The summed E-state index contributed by atoms with van der Waals surface area (Å²) in [7, 11) is 0. The van der Waals surface area contributed by atoms with Crippen LogP contribution in [-0.4, -0.2) is 57.9 Å². The molecule has 0 radical (unpaired) electrons. The molecule has 2 aromatic heterocycles. The zero-order chi connectivity index (χ0) is 18.7. The van der Waals surface area contributed by atoms with E-state index in [4.69, 9.17) is 4.42 Å². The van der Waals surface area contributed by atoms with Gasteiger partial charge < -0.3 is 9.52 Å². The second kappa shape index (κ2) is 8.17. The molecule has 6 nitrogen and oxygen atoms in total. The Morgan fingerprint density at radius 2 is 2.00 bits per heavy atom. The third-order valence-corrected chi connectivity index (χ3v) is 6.77. The number of rotatable bonds is 6. The number of aliphatic hydroxyl groups excluding tert-OH is 1. The highest BCUT2D eigenvalue weighted by molar-refractivity contribution is 5.09. The van der Waals surface area contributed by atoms with Crippen LogP contribution in [0.15, 0.2) is 29.1 Å². The lowest BCUT2D eigenvalue weighted by Gasteiger charge is -2.51. The lowest BCUT2D eigenvalue weighted by atomic mass is 9.64. The standard InChI is InChI=1S/C21H32N4O2/c1-2-19-11-20(23-22-19)14-24-7-4-21(5-8-24)6-9-25(13-18(21)15-26)12-17-3-10-27-16-17/h3,10-11,16,18,26H,2,4-9,12-15H2,1H3,(H,22,23)/t18-/m1/s1. The Morgan fingerprint density at radius 3 is 2.63 bits per heavy atom. The van der Waals surface area contributed by atoms with Gasteiger partial charge in [-0.15, -0.1) is 0 Å². The largest absolute Gasteiger partial charge is 0.472 e. The first-order chi connectivity index (χ1) is 13.2. The van der Waals surface area contributed by atoms with E-state index in [0.717, 1.165) is 51.4 Å². The van der Waals surface area contributed by atoms with E-state index in [1.54, 1.807) is 6.26 Å². The first kappa shape index (κ1) is 18.7. The van der Waals surface area contributed by atoms with Crippen molar-refractivity contribution < 1.29 is 9.52 Å². The third-order valence-electron chi connectivity index (χ3n) is 6.77. The van der Waals surface area contributed by atoms with Crippen LogP contribution >= 0.6 is 0 Å². The molecule has 0 aliphatic carbocycles. The number of H-pyrrole nitrogens is 1. The quantitative estimate of drug-likeness (QED) is 0.816. The van der Waals surface area contributed by atoms with Crippen LogP contribution in [-0.2, 0) is 19.5 Å². The van der Waals surface area contributed by atoms with Crippen LogP contribution in [0, 0.1) is 11.3 Å². The number of likely N-dealkylation sites (tertiary alicyclic amines) is 2. The van der Waals surface area contributed by atoms with Gasteiger partial charge in [0.15, 0.2) is 0 Å². The molecule has 2 fully saturated rings. The third kappa shape index (κ3) is 4.13. The number of aliphatic hydroxyl groups is 1. The van der Waals surface area contributed by atoms with Crippen molar-refractivity contribution in [3.05, 3.63) is 41.6 Å². The van der Waals surface area contributed by atoms with Gasteiger partial charge in [0.2, 0.25) is 0 Å². The summed E-state index contributed by atoms with van der Waals surface area (Å²) in [6.45, 7) is 8.64. The van der Waals surface area contributed by atoms with Crippen molar-refractivity contribution in [2.45, 2.75) is 45.7 Å². The number of aryl methyl sites for hydroxylation is 1. The van der Waals surface area contributed by atoms with E-state index in [-0.39, 0.29) is 0 Å². The number of nitrogens with zero attached hydrogens (tertiary/aromatic N) is 3. The van der Waals surface area contributed by atoms with Crippen LogP contribution in [0.1, 0.15) is 43.1 Å². The summed E-state index contributed by atoms with van der Waals surface area (Å²) >= 11 is 0. The van der Waals surface area contributed by atoms with Crippen molar-refractivity contribution in [1.29, 1.82) is 0 Å². The monoisotopic (exact) mass is 372 g/mol. The second-order valence-electron chi connectivity index (χ2n) is 8.37. The number of hydrogen-bond acceptors (Lipinski definition) is 5. The fraction of sp³-hybridized carbons (Fsp3) is 0.667. The number of nitrogens with one attached hydrogen (secondary N) is 1. The number of aromatic nitrogens is 2. The van der Waals surface area contributed by atoms with Crippen LogP contribution in [0.4, 0.5) is 0 Å². The molecule has 1 atom stereocenters. The number of hydrogen-bond donors (Lipinski definition) is 2. The summed E-state index contributed by atoms with van der Waals surface area (Å²) < 4.78 is 5.20. The van der Waals surface area contributed by atoms with Crippen LogP contribution in [0.25, 0.3) is 0 Å². The topological polar surface area (TPSA) is 68.5 Å². The first-order valence-corrected chi connectivity index (χ1v) is 10.3. The van der Waals surface area contributed by atoms with E-state index in [1.807, 2.05) is 12.3 Å². The Bertz CT molecular complexity index is 704. The molecule has 148 valence electrons. The molecule has 27 heavy (non-hydrogen) atoms. The highest BCUT2D eigenvalue weighted by atomic mass is 16.3. The van der Waals surface area contributed by atoms with Gasteiger partial charge in [-0.2, -0.15) is 5.10 Å². The SMILES string of the molecule is CCc1cc(CN2CCC3(CC2)CCN(Cc2ccoc2)C[C@@H]3CO)[nH]n1. The van der Waals surface area contributed by atoms with Crippen LogP contribution in [0.5, 0.6) is 0 Å². The lowest BCUT2D eigenvalue weighted by molar-refractivity contribution is -0.0451. The zero-order valence-corrected chi connectivity index (χ0v) is 16.4. The second-order valence-corrected chi connectivity index (χ2v) is 8.37. The fourth-order valence-corrected chi connectivity index (χ4v) is 4.94. The smallest absolute Gasteiger partial charge is 0.0947 e. The predicted molar refractivity (Wildman–Crippen MR) is 104 cm³/mol. The van der Waals surface area contributed by atoms with Crippen LogP contribution < -0.4 is 0 Å². The fourth-order valence-electron chi connectivity index (χ4n) is 4.94. The minimum atomic E-state index is 0.294. The maximum Gasteiger partial charge on any atom is 0.0947 e. The van der Waals surface area contributed by atoms with Crippen molar-refractivity contribution >= 4 is 0 Å². The molecular formula is C21H32N4O2. The van der Waals surface area contributed by atoms with Crippen LogP contribution in [0.2, 0.25) is 0 Å². The summed E-state index contributed by atoms with van der Waals surface area (Å²) in [5.41, 5.74) is 3.89. The van der Waals surface area contributed by atoms with Crippen molar-refractivity contribution in [1.82, 2.24) is 20.0 Å². The lowest BCUT2D eigenvalue weighted by Crippen LogP contribution is -2.53. The summed E-state index contributed by atoms with van der Waals surface area (Å²) in [4.78, 5) is 5.00. The Hall–Kier alpha value is -1.63. The van der Waals surface area contributed by atoms with Gasteiger partial charge in [-0.1, -0.05) is 6.92 Å². The van der Waals surface area contributed by atoms with Gasteiger partial charge in [-0.3, -0.25) is 14.9 Å². The molecule has 6 heteroatoms. The molecule has 2 aromatic rings. The normalized spacial score (nSPS) is 23.9. The average molecular weight is 373 g/mol. The minimum absolute atomic E-state index is 0.294. The van der Waals surface area contributed by atoms with Gasteiger partial charge in [-0.05, 0) is 62.9 Å². The zero-order valence-electron chi connectivity index (χ0n) is 16.4. The first-order valence-electron chi connectivity index (χ1n) is 10.3.